The van der Waals surface area contributed by atoms with Crippen LogP contribution in [0.2, 0.25) is 0 Å². The Balaban J connectivity index is 1.69. The van der Waals surface area contributed by atoms with Crippen molar-refractivity contribution in [3.05, 3.63) is 35.9 Å². The minimum Gasteiger partial charge on any atom is -0.460 e. The van der Waals surface area contributed by atoms with E-state index in [0.717, 1.165) is 5.56 Å². The van der Waals surface area contributed by atoms with Gasteiger partial charge in [0.05, 0.1) is 6.04 Å². The molecule has 130 valence electrons. The number of likely N-dealkylation sites (tertiary alicyclic amines) is 1. The number of esters is 1. The maximum Gasteiger partial charge on any atom is 0.410 e. The predicted octanol–water partition coefficient (Wildman–Crippen LogP) is 2.10. The first-order valence-electron chi connectivity index (χ1n) is 8.39. The van der Waals surface area contributed by atoms with Crippen molar-refractivity contribution in [3.8, 4) is 0 Å². The summed E-state index contributed by atoms with van der Waals surface area (Å²) >= 11 is 0. The lowest BCUT2D eigenvalue weighted by atomic mass is 9.98. The lowest BCUT2D eigenvalue weighted by molar-refractivity contribution is -0.143. The SMILES string of the molecule is CC1C(CO)CC(C2CCC(=O)O2)N1C(=O)OCc1ccccc1. The van der Waals surface area contributed by atoms with Crippen LogP contribution in [0.25, 0.3) is 0 Å². The van der Waals surface area contributed by atoms with Crippen LogP contribution in [0, 0.1) is 5.92 Å². The molecular weight excluding hydrogens is 310 g/mol. The molecule has 1 N–H and O–H groups in total. The molecule has 1 aromatic rings. The summed E-state index contributed by atoms with van der Waals surface area (Å²) in [5.41, 5.74) is 0.917. The van der Waals surface area contributed by atoms with Crippen molar-refractivity contribution < 1.29 is 24.2 Å². The minimum atomic E-state index is -0.421. The summed E-state index contributed by atoms with van der Waals surface area (Å²) in [6.07, 6.45) is 0.884. The molecular formula is C18H23NO5. The Morgan fingerprint density at radius 2 is 2.12 bits per heavy atom. The fraction of sp³-hybridized carbons (Fsp3) is 0.556. The van der Waals surface area contributed by atoms with E-state index < -0.39 is 6.09 Å². The molecule has 2 fully saturated rings. The number of carbonyl (C=O) groups excluding carboxylic acids is 2. The van der Waals surface area contributed by atoms with Crippen molar-refractivity contribution in [1.82, 2.24) is 4.90 Å². The van der Waals surface area contributed by atoms with Gasteiger partial charge in [0.2, 0.25) is 0 Å². The van der Waals surface area contributed by atoms with E-state index in [1.807, 2.05) is 37.3 Å². The fourth-order valence-electron chi connectivity index (χ4n) is 3.62. The molecule has 0 saturated carbocycles. The Labute approximate surface area is 141 Å². The normalized spacial score (nSPS) is 29.6. The third-order valence-electron chi connectivity index (χ3n) is 5.02. The highest BCUT2D eigenvalue weighted by molar-refractivity contribution is 5.72. The summed E-state index contributed by atoms with van der Waals surface area (Å²) in [5, 5.41) is 9.57. The number of hydrogen-bond donors (Lipinski definition) is 1. The number of ether oxygens (including phenoxy) is 2. The maximum atomic E-state index is 12.6. The molecule has 6 heteroatoms. The molecule has 0 bridgehead atoms. The van der Waals surface area contributed by atoms with Crippen molar-refractivity contribution in [2.45, 2.75) is 51.0 Å². The summed E-state index contributed by atoms with van der Waals surface area (Å²) in [4.78, 5) is 25.7. The van der Waals surface area contributed by atoms with Gasteiger partial charge in [-0.05, 0) is 25.3 Å². The summed E-state index contributed by atoms with van der Waals surface area (Å²) < 4.78 is 10.8. The lowest BCUT2D eigenvalue weighted by Crippen LogP contribution is -2.46. The van der Waals surface area contributed by atoms with Crippen LogP contribution in [0.4, 0.5) is 4.79 Å². The zero-order valence-corrected chi connectivity index (χ0v) is 13.8. The zero-order valence-electron chi connectivity index (χ0n) is 13.8. The van der Waals surface area contributed by atoms with E-state index in [1.165, 1.54) is 0 Å². The van der Waals surface area contributed by atoms with Gasteiger partial charge in [0.15, 0.2) is 0 Å². The molecule has 0 aliphatic carbocycles. The first-order chi connectivity index (χ1) is 11.6. The van der Waals surface area contributed by atoms with Crippen LogP contribution in [0.15, 0.2) is 30.3 Å². The van der Waals surface area contributed by atoms with Crippen molar-refractivity contribution in [2.24, 2.45) is 5.92 Å². The highest BCUT2D eigenvalue weighted by Crippen LogP contribution is 2.36. The van der Waals surface area contributed by atoms with E-state index in [2.05, 4.69) is 0 Å². The van der Waals surface area contributed by atoms with Crippen LogP contribution >= 0.6 is 0 Å². The molecule has 3 rings (SSSR count). The van der Waals surface area contributed by atoms with E-state index in [9.17, 15) is 14.7 Å². The number of carbonyl (C=O) groups is 2. The van der Waals surface area contributed by atoms with E-state index in [4.69, 9.17) is 9.47 Å². The van der Waals surface area contributed by atoms with Crippen molar-refractivity contribution >= 4 is 12.1 Å². The van der Waals surface area contributed by atoms with Crippen molar-refractivity contribution in [2.75, 3.05) is 6.61 Å². The Kier molecular flexibility index (Phi) is 5.04. The van der Waals surface area contributed by atoms with Gasteiger partial charge in [-0.1, -0.05) is 30.3 Å². The Hall–Kier alpha value is -2.08. The largest absolute Gasteiger partial charge is 0.460 e. The van der Waals surface area contributed by atoms with E-state index in [0.29, 0.717) is 19.3 Å². The number of aliphatic hydroxyl groups excluding tert-OH is 1. The number of rotatable bonds is 4. The maximum absolute atomic E-state index is 12.6. The highest BCUT2D eigenvalue weighted by atomic mass is 16.6. The topological polar surface area (TPSA) is 76.1 Å². The molecule has 2 saturated heterocycles. The predicted molar refractivity (Wildman–Crippen MR) is 86.0 cm³/mol. The fourth-order valence-corrected chi connectivity index (χ4v) is 3.62. The number of aliphatic hydroxyl groups is 1. The lowest BCUT2D eigenvalue weighted by Gasteiger charge is -2.31. The third kappa shape index (κ3) is 3.38. The molecule has 1 amide bonds. The molecule has 0 spiro atoms. The summed E-state index contributed by atoms with van der Waals surface area (Å²) in [6.45, 7) is 2.10. The van der Waals surface area contributed by atoms with Crippen LogP contribution in [-0.4, -0.2) is 46.9 Å². The zero-order chi connectivity index (χ0) is 17.1. The van der Waals surface area contributed by atoms with E-state index >= 15 is 0 Å². The second-order valence-electron chi connectivity index (χ2n) is 6.50. The van der Waals surface area contributed by atoms with Gasteiger partial charge in [-0.2, -0.15) is 0 Å². The molecule has 6 nitrogen and oxygen atoms in total. The van der Waals surface area contributed by atoms with E-state index in [-0.39, 0.29) is 43.3 Å². The first kappa shape index (κ1) is 16.8. The van der Waals surface area contributed by atoms with Gasteiger partial charge >= 0.3 is 12.1 Å². The van der Waals surface area contributed by atoms with Crippen LogP contribution in [0.3, 0.4) is 0 Å². The molecule has 2 aliphatic rings. The summed E-state index contributed by atoms with van der Waals surface area (Å²) in [5.74, 6) is -0.253. The van der Waals surface area contributed by atoms with Gasteiger partial charge in [-0.25, -0.2) is 4.79 Å². The molecule has 4 unspecified atom stereocenters. The van der Waals surface area contributed by atoms with Gasteiger partial charge in [-0.15, -0.1) is 0 Å². The van der Waals surface area contributed by atoms with Crippen LogP contribution < -0.4 is 0 Å². The Bertz CT molecular complexity index is 590. The quantitative estimate of drug-likeness (QED) is 0.854. The number of benzene rings is 1. The summed E-state index contributed by atoms with van der Waals surface area (Å²) in [6, 6.07) is 9.11. The highest BCUT2D eigenvalue weighted by Gasteiger charge is 2.47. The molecule has 2 aliphatic heterocycles. The molecule has 4 atom stereocenters. The average molecular weight is 333 g/mol. The Morgan fingerprint density at radius 1 is 1.38 bits per heavy atom. The molecule has 0 radical (unpaired) electrons. The number of cyclic esters (lactones) is 1. The van der Waals surface area contributed by atoms with Gasteiger partial charge < -0.3 is 14.6 Å². The van der Waals surface area contributed by atoms with Crippen LogP contribution in [-0.2, 0) is 20.9 Å². The number of amides is 1. The van der Waals surface area contributed by atoms with Gasteiger partial charge in [-0.3, -0.25) is 9.69 Å². The third-order valence-corrected chi connectivity index (χ3v) is 5.02. The van der Waals surface area contributed by atoms with Crippen LogP contribution in [0.1, 0.15) is 31.7 Å². The van der Waals surface area contributed by atoms with Crippen molar-refractivity contribution in [3.63, 3.8) is 0 Å². The molecule has 1 aromatic carbocycles. The molecule has 24 heavy (non-hydrogen) atoms. The minimum absolute atomic E-state index is 0.000792. The van der Waals surface area contributed by atoms with Gasteiger partial charge in [0.25, 0.3) is 0 Å². The average Bonchev–Trinajstić information content (AvgIpc) is 3.16. The monoisotopic (exact) mass is 333 g/mol. The second-order valence-corrected chi connectivity index (χ2v) is 6.50. The smallest absolute Gasteiger partial charge is 0.410 e. The molecule has 2 heterocycles. The van der Waals surface area contributed by atoms with Gasteiger partial charge in [0.1, 0.15) is 12.7 Å². The first-order valence-corrected chi connectivity index (χ1v) is 8.39. The van der Waals surface area contributed by atoms with Crippen molar-refractivity contribution in [1.29, 1.82) is 0 Å². The molecule has 0 aromatic heterocycles. The standard InChI is InChI=1S/C18H23NO5/c1-12-14(10-20)9-15(16-7-8-17(21)24-16)19(12)18(22)23-11-13-5-3-2-4-6-13/h2-6,12,14-16,20H,7-11H2,1H3. The summed E-state index contributed by atoms with van der Waals surface area (Å²) in [7, 11) is 0. The van der Waals surface area contributed by atoms with E-state index in [1.54, 1.807) is 4.90 Å². The number of hydrogen-bond acceptors (Lipinski definition) is 5. The van der Waals surface area contributed by atoms with Gasteiger partial charge in [0, 0.05) is 25.0 Å². The number of nitrogens with zero attached hydrogens (tertiary/aromatic N) is 1. The van der Waals surface area contributed by atoms with Crippen LogP contribution in [0.5, 0.6) is 0 Å². The Morgan fingerprint density at radius 3 is 2.75 bits per heavy atom. The second kappa shape index (κ2) is 7.21.